The second kappa shape index (κ2) is 6.73. The summed E-state index contributed by atoms with van der Waals surface area (Å²) in [7, 11) is 0. The van der Waals surface area contributed by atoms with E-state index in [2.05, 4.69) is 22.2 Å². The van der Waals surface area contributed by atoms with Crippen LogP contribution in [0.15, 0.2) is 36.4 Å². The highest BCUT2D eigenvalue weighted by Gasteiger charge is 2.02. The van der Waals surface area contributed by atoms with Gasteiger partial charge in [-0.2, -0.15) is 4.98 Å². The predicted octanol–water partition coefficient (Wildman–Crippen LogP) is 3.19. The molecule has 0 radical (unpaired) electrons. The number of aryl methyl sites for hydroxylation is 1. The van der Waals surface area contributed by atoms with Gasteiger partial charge in [-0.15, -0.1) is 0 Å². The number of hydrogen-bond donors (Lipinski definition) is 1. The molecule has 1 heterocycles. The molecule has 0 aliphatic carbocycles. The van der Waals surface area contributed by atoms with Gasteiger partial charge in [0.05, 0.1) is 0 Å². The Morgan fingerprint density at radius 1 is 1.16 bits per heavy atom. The average Bonchev–Trinajstić information content (AvgIpc) is 2.43. The van der Waals surface area contributed by atoms with E-state index in [1.54, 1.807) is 0 Å². The van der Waals surface area contributed by atoms with Crippen molar-refractivity contribution in [2.45, 2.75) is 26.9 Å². The van der Waals surface area contributed by atoms with E-state index in [0.717, 1.165) is 24.3 Å². The smallest absolute Gasteiger partial charge is 0.219 e. The number of benzene rings is 1. The third-order valence-corrected chi connectivity index (χ3v) is 2.60. The zero-order valence-electron chi connectivity index (χ0n) is 11.4. The molecule has 4 heteroatoms. The molecule has 0 spiro atoms. The molecule has 4 nitrogen and oxygen atoms in total. The first-order valence-corrected chi connectivity index (χ1v) is 6.54. The van der Waals surface area contributed by atoms with Crippen molar-refractivity contribution in [3.63, 3.8) is 0 Å². The normalized spacial score (nSPS) is 10.2. The Morgan fingerprint density at radius 3 is 2.68 bits per heavy atom. The molecule has 1 aromatic carbocycles. The monoisotopic (exact) mass is 257 g/mol. The average molecular weight is 257 g/mol. The van der Waals surface area contributed by atoms with Gasteiger partial charge in [0.15, 0.2) is 0 Å². The summed E-state index contributed by atoms with van der Waals surface area (Å²) >= 11 is 0. The molecule has 0 aliphatic rings. The summed E-state index contributed by atoms with van der Waals surface area (Å²) in [5, 5.41) is 3.24. The molecule has 0 atom stereocenters. The van der Waals surface area contributed by atoms with Crippen LogP contribution in [0.25, 0.3) is 0 Å². The summed E-state index contributed by atoms with van der Waals surface area (Å²) in [5.41, 5.74) is 1.13. The first kappa shape index (κ1) is 13.3. The van der Waals surface area contributed by atoms with Crippen molar-refractivity contribution >= 4 is 5.82 Å². The van der Waals surface area contributed by atoms with E-state index < -0.39 is 0 Å². The molecule has 0 unspecified atom stereocenters. The summed E-state index contributed by atoms with van der Waals surface area (Å²) in [6.45, 7) is 5.40. The summed E-state index contributed by atoms with van der Waals surface area (Å²) in [6.07, 6.45) is 1.06. The van der Waals surface area contributed by atoms with Gasteiger partial charge in [0, 0.05) is 12.6 Å². The van der Waals surface area contributed by atoms with E-state index in [1.165, 1.54) is 0 Å². The summed E-state index contributed by atoms with van der Waals surface area (Å²) in [6, 6.07) is 11.9. The molecule has 2 aromatic rings. The maximum atomic E-state index is 5.70. The van der Waals surface area contributed by atoms with Gasteiger partial charge in [-0.25, -0.2) is 4.98 Å². The minimum Gasteiger partial charge on any atom is -0.473 e. The van der Waals surface area contributed by atoms with E-state index in [9.17, 15) is 0 Å². The molecule has 2 rings (SSSR count). The molecular formula is C15H19N3O. The molecule has 0 fully saturated rings. The van der Waals surface area contributed by atoms with Gasteiger partial charge in [0.25, 0.3) is 0 Å². The highest BCUT2D eigenvalue weighted by molar-refractivity contribution is 5.38. The van der Waals surface area contributed by atoms with Crippen LogP contribution in [0.3, 0.4) is 0 Å². The van der Waals surface area contributed by atoms with Crippen LogP contribution in [0.5, 0.6) is 5.88 Å². The predicted molar refractivity (Wildman–Crippen MR) is 76.3 cm³/mol. The van der Waals surface area contributed by atoms with E-state index in [1.807, 2.05) is 43.3 Å². The van der Waals surface area contributed by atoms with Crippen molar-refractivity contribution in [1.29, 1.82) is 0 Å². The lowest BCUT2D eigenvalue weighted by molar-refractivity contribution is 0.293. The van der Waals surface area contributed by atoms with Crippen molar-refractivity contribution in [3.05, 3.63) is 47.8 Å². The van der Waals surface area contributed by atoms with Crippen LogP contribution in [0.1, 0.15) is 24.7 Å². The molecular weight excluding hydrogens is 238 g/mol. The molecule has 100 valence electrons. The Hall–Kier alpha value is -2.10. The number of aromatic nitrogens is 2. The van der Waals surface area contributed by atoms with Crippen molar-refractivity contribution in [2.75, 3.05) is 11.9 Å². The van der Waals surface area contributed by atoms with Gasteiger partial charge in [-0.3, -0.25) is 0 Å². The van der Waals surface area contributed by atoms with Crippen molar-refractivity contribution in [2.24, 2.45) is 0 Å². The van der Waals surface area contributed by atoms with Gasteiger partial charge in [0.1, 0.15) is 18.2 Å². The van der Waals surface area contributed by atoms with Crippen LogP contribution >= 0.6 is 0 Å². The summed E-state index contributed by atoms with van der Waals surface area (Å²) < 4.78 is 5.70. The molecule has 0 bridgehead atoms. The molecule has 19 heavy (non-hydrogen) atoms. The third kappa shape index (κ3) is 4.25. The molecule has 0 aliphatic heterocycles. The van der Waals surface area contributed by atoms with Gasteiger partial charge < -0.3 is 10.1 Å². The Morgan fingerprint density at radius 2 is 1.95 bits per heavy atom. The molecule has 1 N–H and O–H groups in total. The first-order chi connectivity index (χ1) is 9.28. The quantitative estimate of drug-likeness (QED) is 0.863. The van der Waals surface area contributed by atoms with Crippen molar-refractivity contribution < 1.29 is 4.74 Å². The number of nitrogens with one attached hydrogen (secondary N) is 1. The summed E-state index contributed by atoms with van der Waals surface area (Å²) in [4.78, 5) is 8.61. The highest BCUT2D eigenvalue weighted by atomic mass is 16.5. The lowest BCUT2D eigenvalue weighted by Crippen LogP contribution is -2.05. The Balaban J connectivity index is 2.01. The molecule has 0 saturated carbocycles. The molecule has 0 saturated heterocycles. The van der Waals surface area contributed by atoms with Crippen LogP contribution in [-0.4, -0.2) is 16.5 Å². The zero-order chi connectivity index (χ0) is 13.5. The van der Waals surface area contributed by atoms with Crippen LogP contribution in [0.2, 0.25) is 0 Å². The Kier molecular flexibility index (Phi) is 4.72. The number of anilines is 1. The fourth-order valence-corrected chi connectivity index (χ4v) is 1.69. The zero-order valence-corrected chi connectivity index (χ0v) is 11.4. The second-order valence-electron chi connectivity index (χ2n) is 4.34. The minimum atomic E-state index is 0.518. The Labute approximate surface area is 113 Å². The van der Waals surface area contributed by atoms with Crippen LogP contribution in [0.4, 0.5) is 5.82 Å². The van der Waals surface area contributed by atoms with Gasteiger partial charge in [0.2, 0.25) is 5.88 Å². The topological polar surface area (TPSA) is 47.0 Å². The maximum Gasteiger partial charge on any atom is 0.219 e. The van der Waals surface area contributed by atoms with E-state index in [-0.39, 0.29) is 0 Å². The van der Waals surface area contributed by atoms with Crippen molar-refractivity contribution in [3.8, 4) is 5.88 Å². The second-order valence-corrected chi connectivity index (χ2v) is 4.34. The number of nitrogens with zero attached hydrogens (tertiary/aromatic N) is 2. The standard InChI is InChI=1S/C15H19N3O/c1-3-9-16-14-10-15(18-12(2)17-14)19-11-13-7-5-4-6-8-13/h4-8,10H,3,9,11H2,1-2H3,(H,16,17,18). The third-order valence-electron chi connectivity index (χ3n) is 2.60. The maximum absolute atomic E-state index is 5.70. The van der Waals surface area contributed by atoms with E-state index in [0.29, 0.717) is 18.3 Å². The molecule has 0 amide bonds. The SMILES string of the molecule is CCCNc1cc(OCc2ccccc2)nc(C)n1. The lowest BCUT2D eigenvalue weighted by Gasteiger charge is -2.09. The van der Waals surface area contributed by atoms with Gasteiger partial charge >= 0.3 is 0 Å². The van der Waals surface area contributed by atoms with E-state index >= 15 is 0 Å². The lowest BCUT2D eigenvalue weighted by atomic mass is 10.2. The fourth-order valence-electron chi connectivity index (χ4n) is 1.69. The van der Waals surface area contributed by atoms with Crippen LogP contribution in [-0.2, 0) is 6.61 Å². The van der Waals surface area contributed by atoms with Crippen LogP contribution < -0.4 is 10.1 Å². The first-order valence-electron chi connectivity index (χ1n) is 6.54. The summed E-state index contributed by atoms with van der Waals surface area (Å²) in [5.74, 6) is 2.14. The number of rotatable bonds is 6. The van der Waals surface area contributed by atoms with Gasteiger partial charge in [-0.05, 0) is 18.9 Å². The largest absolute Gasteiger partial charge is 0.473 e. The van der Waals surface area contributed by atoms with Crippen LogP contribution in [0, 0.1) is 6.92 Å². The highest BCUT2D eigenvalue weighted by Crippen LogP contribution is 2.15. The number of ether oxygens (including phenoxy) is 1. The van der Waals surface area contributed by atoms with Crippen molar-refractivity contribution in [1.82, 2.24) is 9.97 Å². The molecule has 1 aromatic heterocycles. The van der Waals surface area contributed by atoms with E-state index in [4.69, 9.17) is 4.74 Å². The number of hydrogen-bond acceptors (Lipinski definition) is 4. The van der Waals surface area contributed by atoms with Gasteiger partial charge in [-0.1, -0.05) is 37.3 Å². The Bertz CT molecular complexity index is 514. The minimum absolute atomic E-state index is 0.518. The fraction of sp³-hybridized carbons (Fsp3) is 0.333.